The van der Waals surface area contributed by atoms with Gasteiger partial charge in [-0.05, 0) is 19.9 Å². The highest BCUT2D eigenvalue weighted by Crippen LogP contribution is 2.33. The van der Waals surface area contributed by atoms with Gasteiger partial charge in [-0.1, -0.05) is 50.7 Å². The van der Waals surface area contributed by atoms with Crippen molar-refractivity contribution in [1.29, 1.82) is 0 Å². The summed E-state index contributed by atoms with van der Waals surface area (Å²) < 4.78 is -1.02. The number of rotatable bonds is 1. The summed E-state index contributed by atoms with van der Waals surface area (Å²) in [7, 11) is 0. The lowest BCUT2D eigenvalue weighted by molar-refractivity contribution is 0.129. The van der Waals surface area contributed by atoms with Crippen LogP contribution in [0.5, 0.6) is 0 Å². The fourth-order valence-electron chi connectivity index (χ4n) is 0.320. The minimum atomic E-state index is -1.47. The monoisotopic (exact) mass is 280 g/mol. The van der Waals surface area contributed by atoms with Crippen LogP contribution in [0.3, 0.4) is 0 Å². The molecular formula is C6H8BrCl3O. The lowest BCUT2D eigenvalue weighted by atomic mass is 10.1. The summed E-state index contributed by atoms with van der Waals surface area (Å²) >= 11 is 19.4. The van der Waals surface area contributed by atoms with Crippen LogP contribution in [-0.2, 0) is 0 Å². The number of hydrogen-bond donors (Lipinski definition) is 1. The summed E-state index contributed by atoms with van der Waals surface area (Å²) in [6.07, 6.45) is 1.32. The topological polar surface area (TPSA) is 20.2 Å². The summed E-state index contributed by atoms with van der Waals surface area (Å²) in [5.41, 5.74) is -1.01. The van der Waals surface area contributed by atoms with Crippen molar-refractivity contribution in [2.24, 2.45) is 0 Å². The molecule has 0 fully saturated rings. The third kappa shape index (κ3) is 6.23. The Morgan fingerprint density at radius 2 is 1.73 bits per heavy atom. The zero-order chi connectivity index (χ0) is 9.28. The predicted octanol–water partition coefficient (Wildman–Crippen LogP) is 3.41. The maximum atomic E-state index is 9.36. The molecule has 0 unspecified atom stereocenters. The van der Waals surface area contributed by atoms with Gasteiger partial charge in [-0.25, -0.2) is 0 Å². The van der Waals surface area contributed by atoms with Crippen LogP contribution in [0.15, 0.2) is 10.6 Å². The third-order valence-corrected chi connectivity index (χ3v) is 2.40. The van der Waals surface area contributed by atoms with Gasteiger partial charge in [0.25, 0.3) is 0 Å². The average molecular weight is 282 g/mol. The molecule has 1 nitrogen and oxygen atoms in total. The Hall–Kier alpha value is 1.05. The standard InChI is InChI=1S/C6H8BrCl3O/c1-5(2,11)4(7)3-6(8,9)10/h3,11H,1-2H3. The molecule has 1 N–H and O–H groups in total. The lowest BCUT2D eigenvalue weighted by Gasteiger charge is -2.18. The van der Waals surface area contributed by atoms with Gasteiger partial charge in [0.05, 0.1) is 5.60 Å². The molecule has 5 heteroatoms. The first-order valence-corrected chi connectivity index (χ1v) is 4.73. The largest absolute Gasteiger partial charge is 0.385 e. The van der Waals surface area contributed by atoms with Crippen LogP contribution in [0.2, 0.25) is 0 Å². The van der Waals surface area contributed by atoms with Crippen molar-refractivity contribution in [3.05, 3.63) is 10.6 Å². The maximum absolute atomic E-state index is 9.36. The predicted molar refractivity (Wildman–Crippen MR) is 53.6 cm³/mol. The SMILES string of the molecule is CC(C)(O)C(Br)=CC(Cl)(Cl)Cl. The quantitative estimate of drug-likeness (QED) is 0.731. The number of alkyl halides is 3. The molecule has 0 saturated carbocycles. The van der Waals surface area contributed by atoms with Crippen molar-refractivity contribution in [2.75, 3.05) is 0 Å². The molecule has 0 aromatic heterocycles. The summed E-state index contributed by atoms with van der Waals surface area (Å²) in [4.78, 5) is 0. The molecule has 0 atom stereocenters. The molecule has 0 rings (SSSR count). The van der Waals surface area contributed by atoms with Crippen molar-refractivity contribution in [2.45, 2.75) is 23.2 Å². The first-order valence-electron chi connectivity index (χ1n) is 2.81. The molecule has 0 aliphatic heterocycles. The molecule has 0 aromatic rings. The van der Waals surface area contributed by atoms with E-state index in [0.717, 1.165) is 0 Å². The van der Waals surface area contributed by atoms with E-state index in [0.29, 0.717) is 4.48 Å². The molecule has 0 aromatic carbocycles. The van der Waals surface area contributed by atoms with Crippen LogP contribution in [0.1, 0.15) is 13.8 Å². The van der Waals surface area contributed by atoms with Gasteiger partial charge in [-0.3, -0.25) is 0 Å². The minimum absolute atomic E-state index is 0.449. The van der Waals surface area contributed by atoms with Gasteiger partial charge >= 0.3 is 0 Å². The van der Waals surface area contributed by atoms with Gasteiger partial charge in [-0.2, -0.15) is 0 Å². The Morgan fingerprint density at radius 3 is 1.82 bits per heavy atom. The smallest absolute Gasteiger partial charge is 0.210 e. The lowest BCUT2D eigenvalue weighted by Crippen LogP contribution is -2.19. The number of allylic oxidation sites excluding steroid dienone is 1. The highest BCUT2D eigenvalue weighted by Gasteiger charge is 2.23. The Balaban J connectivity index is 4.49. The molecule has 11 heavy (non-hydrogen) atoms. The molecule has 0 bridgehead atoms. The number of aliphatic hydroxyl groups is 1. The Bertz CT molecular complexity index is 166. The summed E-state index contributed by atoms with van der Waals surface area (Å²) in [5.74, 6) is 0. The maximum Gasteiger partial charge on any atom is 0.210 e. The molecular weight excluding hydrogens is 274 g/mol. The Morgan fingerprint density at radius 1 is 1.36 bits per heavy atom. The Kier molecular flexibility index (Phi) is 4.21. The van der Waals surface area contributed by atoms with Gasteiger partial charge in [0.2, 0.25) is 3.79 Å². The Labute approximate surface area is 89.4 Å². The molecule has 0 saturated heterocycles. The molecule has 0 radical (unpaired) electrons. The molecule has 0 spiro atoms. The van der Waals surface area contributed by atoms with Crippen molar-refractivity contribution < 1.29 is 5.11 Å². The van der Waals surface area contributed by atoms with Crippen molar-refractivity contribution in [1.82, 2.24) is 0 Å². The fraction of sp³-hybridized carbons (Fsp3) is 0.667. The molecule has 66 valence electrons. The number of halogens is 4. The van der Waals surface area contributed by atoms with E-state index in [1.54, 1.807) is 13.8 Å². The zero-order valence-corrected chi connectivity index (χ0v) is 9.89. The van der Waals surface area contributed by atoms with Gasteiger partial charge in [-0.15, -0.1) is 0 Å². The summed E-state index contributed by atoms with van der Waals surface area (Å²) in [5, 5.41) is 9.36. The van der Waals surface area contributed by atoms with Gasteiger partial charge in [0.1, 0.15) is 0 Å². The van der Waals surface area contributed by atoms with Crippen molar-refractivity contribution >= 4 is 50.7 Å². The second-order valence-electron chi connectivity index (χ2n) is 2.59. The summed E-state index contributed by atoms with van der Waals surface area (Å²) in [6, 6.07) is 0. The second kappa shape index (κ2) is 3.84. The zero-order valence-electron chi connectivity index (χ0n) is 6.04. The van der Waals surface area contributed by atoms with Crippen molar-refractivity contribution in [3.63, 3.8) is 0 Å². The highest BCUT2D eigenvalue weighted by atomic mass is 79.9. The average Bonchev–Trinajstić information content (AvgIpc) is 1.56. The van der Waals surface area contributed by atoms with Crippen LogP contribution in [0.4, 0.5) is 0 Å². The van der Waals surface area contributed by atoms with E-state index in [-0.39, 0.29) is 0 Å². The normalized spacial score (nSPS) is 15.4. The van der Waals surface area contributed by atoms with Gasteiger partial charge < -0.3 is 5.11 Å². The molecule has 0 heterocycles. The molecule has 0 amide bonds. The van der Waals surface area contributed by atoms with Crippen LogP contribution in [0.25, 0.3) is 0 Å². The fourth-order valence-corrected chi connectivity index (χ4v) is 1.39. The van der Waals surface area contributed by atoms with E-state index in [1.165, 1.54) is 6.08 Å². The van der Waals surface area contributed by atoms with E-state index in [4.69, 9.17) is 34.8 Å². The van der Waals surface area contributed by atoms with Crippen molar-refractivity contribution in [3.8, 4) is 0 Å². The van der Waals surface area contributed by atoms with E-state index in [1.807, 2.05) is 0 Å². The van der Waals surface area contributed by atoms with E-state index in [9.17, 15) is 5.11 Å². The number of hydrogen-bond acceptors (Lipinski definition) is 1. The molecule has 0 aliphatic rings. The van der Waals surface area contributed by atoms with Gasteiger partial charge in [0.15, 0.2) is 0 Å². The van der Waals surface area contributed by atoms with E-state index in [2.05, 4.69) is 15.9 Å². The minimum Gasteiger partial charge on any atom is -0.385 e. The van der Waals surface area contributed by atoms with Crippen LogP contribution in [-0.4, -0.2) is 14.5 Å². The van der Waals surface area contributed by atoms with Crippen LogP contribution >= 0.6 is 50.7 Å². The second-order valence-corrected chi connectivity index (χ2v) is 5.82. The first-order chi connectivity index (χ1) is 4.63. The summed E-state index contributed by atoms with van der Waals surface area (Å²) in [6.45, 7) is 3.17. The van der Waals surface area contributed by atoms with Crippen LogP contribution < -0.4 is 0 Å². The molecule has 0 aliphatic carbocycles. The highest BCUT2D eigenvalue weighted by molar-refractivity contribution is 9.11. The van der Waals surface area contributed by atoms with E-state index >= 15 is 0 Å². The van der Waals surface area contributed by atoms with Crippen LogP contribution in [0, 0.1) is 0 Å². The third-order valence-electron chi connectivity index (χ3n) is 0.875. The first kappa shape index (κ1) is 12.0. The van der Waals surface area contributed by atoms with Gasteiger partial charge in [0, 0.05) is 4.48 Å². The van der Waals surface area contributed by atoms with E-state index < -0.39 is 9.39 Å².